The molecule has 1 amide bonds. The quantitative estimate of drug-likeness (QED) is 0.390. The van der Waals surface area contributed by atoms with Gasteiger partial charge in [0, 0.05) is 0 Å². The van der Waals surface area contributed by atoms with Crippen LogP contribution in [0.1, 0.15) is 25.8 Å². The Hall–Kier alpha value is -1.53. The summed E-state index contributed by atoms with van der Waals surface area (Å²) >= 11 is 18.7. The number of hydrogen-bond donors (Lipinski definition) is 0. The van der Waals surface area contributed by atoms with Gasteiger partial charge in [-0.25, -0.2) is 0 Å². The first-order chi connectivity index (χ1) is 12.9. The maximum Gasteiger partial charge on any atom is 0.270 e. The van der Waals surface area contributed by atoms with E-state index >= 15 is 0 Å². The van der Waals surface area contributed by atoms with Gasteiger partial charge in [0.2, 0.25) is 0 Å². The van der Waals surface area contributed by atoms with Gasteiger partial charge in [0.25, 0.3) is 5.91 Å². The van der Waals surface area contributed by atoms with E-state index in [0.29, 0.717) is 25.0 Å². The van der Waals surface area contributed by atoms with Gasteiger partial charge in [0.1, 0.15) is 5.75 Å². The molecule has 3 nitrogen and oxygen atoms in total. The average Bonchev–Trinajstić information content (AvgIpc) is 2.92. The lowest BCUT2D eigenvalue weighted by atomic mass is 10.2. The van der Waals surface area contributed by atoms with E-state index in [-0.39, 0.29) is 12.0 Å². The van der Waals surface area contributed by atoms with Crippen molar-refractivity contribution < 1.29 is 9.53 Å². The van der Waals surface area contributed by atoms with Gasteiger partial charge in [0.15, 0.2) is 4.32 Å². The number of rotatable bonds is 5. The molecule has 0 aliphatic carbocycles. The molecule has 1 saturated heterocycles. The summed E-state index contributed by atoms with van der Waals surface area (Å²) in [5, 5.41) is 0.810. The summed E-state index contributed by atoms with van der Waals surface area (Å²) in [5.74, 6) is 0.633. The number of carbonyl (C=O) groups is 1. The third-order valence-electron chi connectivity index (χ3n) is 4.05. The van der Waals surface area contributed by atoms with Gasteiger partial charge in [-0.1, -0.05) is 66.2 Å². The van der Waals surface area contributed by atoms with Crippen LogP contribution in [0.4, 0.5) is 5.69 Å². The Labute approximate surface area is 178 Å². The normalized spacial score (nSPS) is 16.9. The van der Waals surface area contributed by atoms with Crippen molar-refractivity contribution in [2.45, 2.75) is 26.4 Å². The fourth-order valence-corrected chi connectivity index (χ4v) is 4.02. The molecule has 7 heteroatoms. The molecule has 1 atom stereocenters. The Morgan fingerprint density at radius 2 is 1.89 bits per heavy atom. The molecule has 1 heterocycles. The number of ether oxygens (including phenoxy) is 1. The van der Waals surface area contributed by atoms with Crippen LogP contribution < -0.4 is 9.64 Å². The highest BCUT2D eigenvalue weighted by Crippen LogP contribution is 2.38. The lowest BCUT2D eigenvalue weighted by molar-refractivity contribution is -0.113. The summed E-state index contributed by atoms with van der Waals surface area (Å²) in [6.45, 7) is 4.11. The second kappa shape index (κ2) is 8.65. The zero-order valence-electron chi connectivity index (χ0n) is 14.7. The van der Waals surface area contributed by atoms with E-state index in [0.717, 1.165) is 17.7 Å². The van der Waals surface area contributed by atoms with Crippen LogP contribution in [-0.4, -0.2) is 16.3 Å². The van der Waals surface area contributed by atoms with Crippen molar-refractivity contribution in [2.24, 2.45) is 0 Å². The minimum Gasteiger partial charge on any atom is -0.491 e. The summed E-state index contributed by atoms with van der Waals surface area (Å²) in [4.78, 5) is 14.8. The van der Waals surface area contributed by atoms with Crippen LogP contribution in [0.2, 0.25) is 10.0 Å². The maximum absolute atomic E-state index is 12.8. The number of halogens is 2. The molecule has 0 unspecified atom stereocenters. The van der Waals surface area contributed by atoms with E-state index in [4.69, 9.17) is 40.2 Å². The number of carbonyl (C=O) groups excluding carboxylic acids is 1. The molecular weight excluding hydrogens is 421 g/mol. The number of thioether (sulfide) groups is 1. The smallest absolute Gasteiger partial charge is 0.270 e. The van der Waals surface area contributed by atoms with Crippen LogP contribution in [0, 0.1) is 0 Å². The predicted molar refractivity (Wildman–Crippen MR) is 119 cm³/mol. The third-order valence-corrected chi connectivity index (χ3v) is 6.09. The minimum absolute atomic E-state index is 0.165. The van der Waals surface area contributed by atoms with Crippen LogP contribution in [-0.2, 0) is 4.79 Å². The molecule has 2 aromatic carbocycles. The Bertz CT molecular complexity index is 913. The Balaban J connectivity index is 1.80. The summed E-state index contributed by atoms with van der Waals surface area (Å²) in [5.41, 5.74) is 1.51. The predicted octanol–water partition coefficient (Wildman–Crippen LogP) is 6.58. The molecule has 0 N–H and O–H groups in total. The van der Waals surface area contributed by atoms with Crippen molar-refractivity contribution in [3.05, 3.63) is 63.0 Å². The summed E-state index contributed by atoms with van der Waals surface area (Å²) in [6, 6.07) is 12.7. The van der Waals surface area contributed by atoms with E-state index in [2.05, 4.69) is 6.92 Å². The maximum atomic E-state index is 12.8. The van der Waals surface area contributed by atoms with Crippen molar-refractivity contribution in [3.8, 4) is 5.75 Å². The van der Waals surface area contributed by atoms with Crippen LogP contribution in [0.15, 0.2) is 47.4 Å². The fourth-order valence-electron chi connectivity index (χ4n) is 2.42. The summed E-state index contributed by atoms with van der Waals surface area (Å²) in [6.07, 6.45) is 2.93. The third kappa shape index (κ3) is 4.66. The summed E-state index contributed by atoms with van der Waals surface area (Å²) < 4.78 is 6.24. The number of thiocarbonyl (C=S) groups is 1. The molecule has 0 radical (unpaired) electrons. The topological polar surface area (TPSA) is 29.5 Å². The number of hydrogen-bond acceptors (Lipinski definition) is 4. The van der Waals surface area contributed by atoms with Gasteiger partial charge >= 0.3 is 0 Å². The molecule has 2 aromatic rings. The first kappa shape index (κ1) is 20.2. The van der Waals surface area contributed by atoms with Crippen LogP contribution >= 0.6 is 47.2 Å². The fraction of sp³-hybridized carbons (Fsp3) is 0.200. The van der Waals surface area contributed by atoms with E-state index in [1.165, 1.54) is 16.7 Å². The lowest BCUT2D eigenvalue weighted by Crippen LogP contribution is -2.27. The second-order valence-corrected chi connectivity index (χ2v) is 8.51. The van der Waals surface area contributed by atoms with E-state index in [9.17, 15) is 4.79 Å². The highest BCUT2D eigenvalue weighted by Gasteiger charge is 2.33. The standard InChI is InChI=1S/C20H17Cl2NO2S2/c1-3-12(2)25-15-7-4-13(5-8-15)10-18-19(24)23(20(26)27-18)14-6-9-16(21)17(22)11-14/h4-12H,3H2,1-2H3/b18-10+/t12-/m1/s1. The molecule has 0 spiro atoms. The number of amides is 1. The van der Waals surface area contributed by atoms with Crippen molar-refractivity contribution in [1.82, 2.24) is 0 Å². The molecule has 3 rings (SSSR count). The molecule has 0 bridgehead atoms. The van der Waals surface area contributed by atoms with Gasteiger partial charge in [-0.3, -0.25) is 9.69 Å². The highest BCUT2D eigenvalue weighted by molar-refractivity contribution is 8.27. The first-order valence-corrected chi connectivity index (χ1v) is 10.4. The van der Waals surface area contributed by atoms with Gasteiger partial charge < -0.3 is 4.74 Å². The molecular formula is C20H17Cl2NO2S2. The zero-order chi connectivity index (χ0) is 19.6. The molecule has 0 aromatic heterocycles. The van der Waals surface area contributed by atoms with Gasteiger partial charge in [-0.05, 0) is 55.3 Å². The molecule has 0 saturated carbocycles. The Morgan fingerprint density at radius 3 is 2.52 bits per heavy atom. The molecule has 1 aliphatic rings. The lowest BCUT2D eigenvalue weighted by Gasteiger charge is -2.15. The van der Waals surface area contributed by atoms with Crippen LogP contribution in [0.3, 0.4) is 0 Å². The van der Waals surface area contributed by atoms with Gasteiger partial charge in [-0.2, -0.15) is 0 Å². The SMILES string of the molecule is CC[C@@H](C)Oc1ccc(/C=C2/SC(=S)N(c3ccc(Cl)c(Cl)c3)C2=O)cc1. The summed E-state index contributed by atoms with van der Waals surface area (Å²) in [7, 11) is 0. The number of nitrogens with zero attached hydrogens (tertiary/aromatic N) is 1. The van der Waals surface area contributed by atoms with Crippen LogP contribution in [0.25, 0.3) is 6.08 Å². The van der Waals surface area contributed by atoms with Crippen molar-refractivity contribution in [2.75, 3.05) is 4.90 Å². The van der Waals surface area contributed by atoms with Gasteiger partial charge in [0.05, 0.1) is 26.7 Å². The molecule has 1 aliphatic heterocycles. The Kier molecular flexibility index (Phi) is 6.48. The molecule has 1 fully saturated rings. The minimum atomic E-state index is -0.177. The molecule has 140 valence electrons. The second-order valence-electron chi connectivity index (χ2n) is 6.02. The number of benzene rings is 2. The Morgan fingerprint density at radius 1 is 1.19 bits per heavy atom. The number of anilines is 1. The van der Waals surface area contributed by atoms with Crippen molar-refractivity contribution in [1.29, 1.82) is 0 Å². The largest absolute Gasteiger partial charge is 0.491 e. The van der Waals surface area contributed by atoms with Crippen molar-refractivity contribution >= 4 is 69.2 Å². The van der Waals surface area contributed by atoms with Crippen LogP contribution in [0.5, 0.6) is 5.75 Å². The van der Waals surface area contributed by atoms with E-state index < -0.39 is 0 Å². The monoisotopic (exact) mass is 437 g/mol. The van der Waals surface area contributed by atoms with E-state index in [1.54, 1.807) is 18.2 Å². The van der Waals surface area contributed by atoms with Crippen molar-refractivity contribution in [3.63, 3.8) is 0 Å². The zero-order valence-corrected chi connectivity index (χ0v) is 17.9. The molecule has 27 heavy (non-hydrogen) atoms. The first-order valence-electron chi connectivity index (χ1n) is 8.38. The van der Waals surface area contributed by atoms with Gasteiger partial charge in [-0.15, -0.1) is 0 Å². The van der Waals surface area contributed by atoms with E-state index in [1.807, 2.05) is 37.3 Å². The average molecular weight is 438 g/mol. The highest BCUT2D eigenvalue weighted by atomic mass is 35.5.